The fraction of sp³-hybridized carbons (Fsp3) is 0.625. The van der Waals surface area contributed by atoms with E-state index >= 15 is 0 Å². The zero-order chi connectivity index (χ0) is 14.1. The smallest absolute Gasteiger partial charge is 0.161 e. The number of hydrogen-bond acceptors (Lipinski definition) is 3. The lowest BCUT2D eigenvalue weighted by molar-refractivity contribution is 0.223. The van der Waals surface area contributed by atoms with Crippen molar-refractivity contribution in [1.29, 1.82) is 0 Å². The number of ether oxygens (including phenoxy) is 2. The first-order valence-corrected chi connectivity index (χ1v) is 7.15. The van der Waals surface area contributed by atoms with Gasteiger partial charge < -0.3 is 14.6 Å². The van der Waals surface area contributed by atoms with Crippen molar-refractivity contribution >= 4 is 0 Å². The Morgan fingerprint density at radius 1 is 1.21 bits per heavy atom. The summed E-state index contributed by atoms with van der Waals surface area (Å²) in [5, 5.41) is 9.11. The van der Waals surface area contributed by atoms with Crippen LogP contribution >= 0.6 is 0 Å². The predicted octanol–water partition coefficient (Wildman–Crippen LogP) is 3.78. The normalized spacial score (nSPS) is 12.2. The lowest BCUT2D eigenvalue weighted by atomic mass is 10.0. The Morgan fingerprint density at radius 3 is 2.58 bits per heavy atom. The van der Waals surface area contributed by atoms with Gasteiger partial charge in [-0.05, 0) is 30.0 Å². The molecule has 3 heteroatoms. The number of benzene rings is 1. The highest BCUT2D eigenvalue weighted by molar-refractivity contribution is 5.42. The number of hydrogen-bond donors (Lipinski definition) is 1. The topological polar surface area (TPSA) is 38.7 Å². The van der Waals surface area contributed by atoms with Crippen molar-refractivity contribution in [1.82, 2.24) is 0 Å². The van der Waals surface area contributed by atoms with E-state index in [0.717, 1.165) is 24.3 Å². The summed E-state index contributed by atoms with van der Waals surface area (Å²) in [5.74, 6) is 2.05. The molecule has 0 spiro atoms. The van der Waals surface area contributed by atoms with E-state index in [9.17, 15) is 0 Å². The van der Waals surface area contributed by atoms with Crippen LogP contribution in [0.25, 0.3) is 0 Å². The Kier molecular flexibility index (Phi) is 7.34. The molecule has 0 radical (unpaired) electrons. The van der Waals surface area contributed by atoms with E-state index in [1.54, 1.807) is 7.11 Å². The highest BCUT2D eigenvalue weighted by Gasteiger charge is 2.10. The first kappa shape index (κ1) is 15.8. The number of aliphatic hydroxyl groups excluding tert-OH is 1. The van der Waals surface area contributed by atoms with Crippen LogP contribution in [0.3, 0.4) is 0 Å². The minimum atomic E-state index is 0.0186. The Morgan fingerprint density at radius 2 is 2.00 bits per heavy atom. The van der Waals surface area contributed by atoms with Crippen molar-refractivity contribution in [2.75, 3.05) is 13.7 Å². The number of unbranched alkanes of at least 4 members (excludes halogenated alkanes) is 1. The zero-order valence-electron chi connectivity index (χ0n) is 12.3. The van der Waals surface area contributed by atoms with Crippen LogP contribution in [0.4, 0.5) is 0 Å². The molecule has 0 saturated heterocycles. The second-order valence-electron chi connectivity index (χ2n) is 4.87. The van der Waals surface area contributed by atoms with E-state index in [1.165, 1.54) is 19.3 Å². The second kappa shape index (κ2) is 8.81. The van der Waals surface area contributed by atoms with Crippen molar-refractivity contribution in [3.63, 3.8) is 0 Å². The molecule has 0 saturated carbocycles. The Balaban J connectivity index is 2.60. The van der Waals surface area contributed by atoms with Gasteiger partial charge in [-0.3, -0.25) is 0 Å². The Hall–Kier alpha value is -1.22. The first-order valence-electron chi connectivity index (χ1n) is 7.15. The van der Waals surface area contributed by atoms with Crippen LogP contribution in [0, 0.1) is 5.92 Å². The molecule has 0 bridgehead atoms. The second-order valence-corrected chi connectivity index (χ2v) is 4.87. The van der Waals surface area contributed by atoms with E-state index in [0.29, 0.717) is 11.7 Å². The Labute approximate surface area is 116 Å². The molecule has 0 aliphatic rings. The number of rotatable bonds is 9. The average Bonchev–Trinajstić information content (AvgIpc) is 2.47. The van der Waals surface area contributed by atoms with Gasteiger partial charge in [-0.15, -0.1) is 0 Å². The molecule has 0 heterocycles. The molecule has 0 aromatic heterocycles. The molecule has 1 unspecified atom stereocenters. The number of methoxy groups -OCH3 is 1. The van der Waals surface area contributed by atoms with Crippen molar-refractivity contribution < 1.29 is 14.6 Å². The molecule has 1 N–H and O–H groups in total. The van der Waals surface area contributed by atoms with Crippen LogP contribution in [-0.4, -0.2) is 18.8 Å². The third-order valence-electron chi connectivity index (χ3n) is 3.43. The predicted molar refractivity (Wildman–Crippen MR) is 77.7 cm³/mol. The SMILES string of the molecule is CCCCC(CC)COc1ccc(CO)cc1OC. The minimum Gasteiger partial charge on any atom is -0.493 e. The lowest BCUT2D eigenvalue weighted by Crippen LogP contribution is -2.11. The summed E-state index contributed by atoms with van der Waals surface area (Å²) in [6, 6.07) is 5.56. The van der Waals surface area contributed by atoms with Gasteiger partial charge in [-0.25, -0.2) is 0 Å². The average molecular weight is 266 g/mol. The summed E-state index contributed by atoms with van der Waals surface area (Å²) < 4.78 is 11.2. The van der Waals surface area contributed by atoms with Crippen molar-refractivity contribution in [3.05, 3.63) is 23.8 Å². The van der Waals surface area contributed by atoms with Gasteiger partial charge in [0, 0.05) is 0 Å². The first-order chi connectivity index (χ1) is 9.24. The third-order valence-corrected chi connectivity index (χ3v) is 3.43. The van der Waals surface area contributed by atoms with E-state index in [4.69, 9.17) is 14.6 Å². The van der Waals surface area contributed by atoms with E-state index in [-0.39, 0.29) is 6.61 Å². The maximum Gasteiger partial charge on any atom is 0.161 e. The summed E-state index contributed by atoms with van der Waals surface area (Å²) in [5.41, 5.74) is 0.835. The van der Waals surface area contributed by atoms with Crippen LogP contribution in [0.15, 0.2) is 18.2 Å². The number of aliphatic hydroxyl groups is 1. The highest BCUT2D eigenvalue weighted by Crippen LogP contribution is 2.29. The Bertz CT molecular complexity index is 363. The molecule has 0 aliphatic heterocycles. The van der Waals surface area contributed by atoms with Crippen LogP contribution in [0.1, 0.15) is 45.1 Å². The maximum absolute atomic E-state index is 9.11. The summed E-state index contributed by atoms with van der Waals surface area (Å²) in [6.07, 6.45) is 4.83. The van der Waals surface area contributed by atoms with E-state index in [2.05, 4.69) is 13.8 Å². The van der Waals surface area contributed by atoms with Gasteiger partial charge in [-0.2, -0.15) is 0 Å². The standard InChI is InChI=1S/C16H26O3/c1-4-6-7-13(5-2)12-19-15-9-8-14(11-17)10-16(15)18-3/h8-10,13,17H,4-7,11-12H2,1-3H3. The van der Waals surface area contributed by atoms with E-state index < -0.39 is 0 Å². The van der Waals surface area contributed by atoms with Crippen molar-refractivity contribution in [3.8, 4) is 11.5 Å². The van der Waals surface area contributed by atoms with E-state index in [1.807, 2.05) is 18.2 Å². The van der Waals surface area contributed by atoms with Crippen LogP contribution < -0.4 is 9.47 Å². The summed E-state index contributed by atoms with van der Waals surface area (Å²) >= 11 is 0. The molecule has 1 aromatic rings. The summed E-state index contributed by atoms with van der Waals surface area (Å²) in [7, 11) is 1.62. The van der Waals surface area contributed by atoms with Crippen LogP contribution in [0.5, 0.6) is 11.5 Å². The van der Waals surface area contributed by atoms with Gasteiger partial charge >= 0.3 is 0 Å². The zero-order valence-corrected chi connectivity index (χ0v) is 12.3. The lowest BCUT2D eigenvalue weighted by Gasteiger charge is -2.17. The third kappa shape index (κ3) is 5.11. The van der Waals surface area contributed by atoms with Gasteiger partial charge in [-0.1, -0.05) is 39.2 Å². The molecule has 19 heavy (non-hydrogen) atoms. The molecule has 0 fully saturated rings. The van der Waals surface area contributed by atoms with Gasteiger partial charge in [0.25, 0.3) is 0 Å². The fourth-order valence-corrected chi connectivity index (χ4v) is 2.04. The monoisotopic (exact) mass is 266 g/mol. The van der Waals surface area contributed by atoms with Crippen LogP contribution in [0.2, 0.25) is 0 Å². The highest BCUT2D eigenvalue weighted by atomic mass is 16.5. The van der Waals surface area contributed by atoms with Gasteiger partial charge in [0.1, 0.15) is 0 Å². The molecular weight excluding hydrogens is 240 g/mol. The largest absolute Gasteiger partial charge is 0.493 e. The molecule has 1 rings (SSSR count). The van der Waals surface area contributed by atoms with Crippen molar-refractivity contribution in [2.45, 2.75) is 46.1 Å². The maximum atomic E-state index is 9.11. The quantitative estimate of drug-likeness (QED) is 0.739. The molecule has 0 amide bonds. The molecular formula is C16H26O3. The van der Waals surface area contributed by atoms with Gasteiger partial charge in [0.15, 0.2) is 11.5 Å². The van der Waals surface area contributed by atoms with Crippen molar-refractivity contribution in [2.24, 2.45) is 5.92 Å². The minimum absolute atomic E-state index is 0.0186. The fourth-order valence-electron chi connectivity index (χ4n) is 2.04. The molecule has 108 valence electrons. The van der Waals surface area contributed by atoms with Crippen LogP contribution in [-0.2, 0) is 6.61 Å². The molecule has 3 nitrogen and oxygen atoms in total. The summed E-state index contributed by atoms with van der Waals surface area (Å²) in [4.78, 5) is 0. The van der Waals surface area contributed by atoms with Gasteiger partial charge in [0.05, 0.1) is 20.3 Å². The molecule has 1 atom stereocenters. The molecule has 1 aromatic carbocycles. The van der Waals surface area contributed by atoms with Gasteiger partial charge in [0.2, 0.25) is 0 Å². The molecule has 0 aliphatic carbocycles. The summed E-state index contributed by atoms with van der Waals surface area (Å²) in [6.45, 7) is 5.16.